The summed E-state index contributed by atoms with van der Waals surface area (Å²) in [7, 11) is 0. The fourth-order valence-corrected chi connectivity index (χ4v) is 2.86. The summed E-state index contributed by atoms with van der Waals surface area (Å²) in [6.07, 6.45) is 2.19. The Morgan fingerprint density at radius 3 is 2.59 bits per heavy atom. The molecule has 0 aliphatic rings. The number of para-hydroxylation sites is 1. The highest BCUT2D eigenvalue weighted by Crippen LogP contribution is 2.18. The first-order valence-corrected chi connectivity index (χ1v) is 7.83. The summed E-state index contributed by atoms with van der Waals surface area (Å²) in [5.74, 6) is 0.0579. The molecule has 0 aliphatic heterocycles. The van der Waals surface area contributed by atoms with Crippen molar-refractivity contribution in [1.82, 2.24) is 9.78 Å². The van der Waals surface area contributed by atoms with Crippen molar-refractivity contribution in [2.45, 2.75) is 13.3 Å². The molecular weight excluding hydrogens is 340 g/mol. The molecule has 2 aromatic carbocycles. The Bertz CT molecular complexity index is 823. The van der Waals surface area contributed by atoms with Crippen molar-refractivity contribution in [3.05, 3.63) is 82.1 Å². The Morgan fingerprint density at radius 1 is 1.09 bits per heavy atom. The number of rotatable bonds is 4. The van der Waals surface area contributed by atoms with Crippen molar-refractivity contribution in [3.63, 3.8) is 0 Å². The summed E-state index contributed by atoms with van der Waals surface area (Å²) < 4.78 is 2.64. The number of aryl methyl sites for hydroxylation is 1. The first-order chi connectivity index (χ1) is 10.6. The van der Waals surface area contributed by atoms with E-state index in [1.54, 1.807) is 0 Å². The van der Waals surface area contributed by atoms with E-state index in [0.717, 1.165) is 21.4 Å². The lowest BCUT2D eigenvalue weighted by Gasteiger charge is -2.05. The van der Waals surface area contributed by atoms with Crippen LogP contribution in [0, 0.1) is 6.92 Å². The topological polar surface area (TPSA) is 34.9 Å². The van der Waals surface area contributed by atoms with E-state index >= 15 is 0 Å². The molecule has 1 aromatic heterocycles. The van der Waals surface area contributed by atoms with Crippen molar-refractivity contribution in [3.8, 4) is 5.69 Å². The summed E-state index contributed by atoms with van der Waals surface area (Å²) in [5.41, 5.74) is 3.63. The zero-order chi connectivity index (χ0) is 15.5. The first-order valence-electron chi connectivity index (χ1n) is 7.03. The molecule has 1 heterocycles. The predicted molar refractivity (Wildman–Crippen MR) is 90.5 cm³/mol. The van der Waals surface area contributed by atoms with Crippen molar-refractivity contribution in [2.24, 2.45) is 0 Å². The number of carbonyl (C=O) groups is 1. The molecule has 3 aromatic rings. The minimum absolute atomic E-state index is 0.0579. The van der Waals surface area contributed by atoms with Gasteiger partial charge in [0, 0.05) is 16.2 Å². The van der Waals surface area contributed by atoms with Gasteiger partial charge in [0.2, 0.25) is 0 Å². The molecule has 0 radical (unpaired) electrons. The van der Waals surface area contributed by atoms with Gasteiger partial charge in [-0.15, -0.1) is 0 Å². The van der Waals surface area contributed by atoms with Crippen LogP contribution in [0.15, 0.2) is 65.3 Å². The van der Waals surface area contributed by atoms with Gasteiger partial charge in [-0.25, -0.2) is 4.68 Å². The molecule has 110 valence electrons. The van der Waals surface area contributed by atoms with Crippen molar-refractivity contribution in [1.29, 1.82) is 0 Å². The van der Waals surface area contributed by atoms with Gasteiger partial charge >= 0.3 is 0 Å². The second-order valence-corrected chi connectivity index (χ2v) is 5.97. The Morgan fingerprint density at radius 2 is 1.82 bits per heavy atom. The lowest BCUT2D eigenvalue weighted by atomic mass is 10.1. The van der Waals surface area contributed by atoms with Crippen LogP contribution in [0.2, 0.25) is 0 Å². The molecule has 0 saturated carbocycles. The highest BCUT2D eigenvalue weighted by Gasteiger charge is 2.12. The molecule has 0 N–H and O–H groups in total. The summed E-state index contributed by atoms with van der Waals surface area (Å²) in [6, 6.07) is 17.4. The predicted octanol–water partition coefficient (Wildman–Crippen LogP) is 4.37. The molecule has 0 bridgehead atoms. The Kier molecular flexibility index (Phi) is 4.20. The second-order valence-electron chi connectivity index (χ2n) is 5.12. The Balaban J connectivity index is 1.82. The van der Waals surface area contributed by atoms with E-state index in [1.807, 2.05) is 72.4 Å². The molecule has 0 amide bonds. The van der Waals surface area contributed by atoms with E-state index in [9.17, 15) is 4.79 Å². The highest BCUT2D eigenvalue weighted by atomic mass is 79.9. The molecule has 0 atom stereocenters. The van der Waals surface area contributed by atoms with Crippen molar-refractivity contribution < 1.29 is 4.79 Å². The number of carbonyl (C=O) groups excluding carboxylic acids is 1. The van der Waals surface area contributed by atoms with Crippen LogP contribution < -0.4 is 0 Å². The lowest BCUT2D eigenvalue weighted by Crippen LogP contribution is -2.06. The van der Waals surface area contributed by atoms with E-state index in [-0.39, 0.29) is 5.78 Å². The monoisotopic (exact) mass is 354 g/mol. The number of aromatic nitrogens is 2. The maximum atomic E-state index is 12.4. The average molecular weight is 355 g/mol. The van der Waals surface area contributed by atoms with Crippen LogP contribution in [0.25, 0.3) is 5.69 Å². The molecule has 0 aliphatic carbocycles. The van der Waals surface area contributed by atoms with Gasteiger partial charge in [0.15, 0.2) is 5.78 Å². The van der Waals surface area contributed by atoms with Gasteiger partial charge in [0.05, 0.1) is 17.8 Å². The summed E-state index contributed by atoms with van der Waals surface area (Å²) in [4.78, 5) is 12.4. The molecule has 0 spiro atoms. The SMILES string of the molecule is Cc1ccccc1-n1ccc(CC(=O)c2ccccc2Br)n1. The van der Waals surface area contributed by atoms with E-state index in [0.29, 0.717) is 12.0 Å². The zero-order valence-electron chi connectivity index (χ0n) is 12.2. The van der Waals surface area contributed by atoms with Gasteiger partial charge in [-0.3, -0.25) is 4.79 Å². The molecule has 3 nitrogen and oxygen atoms in total. The zero-order valence-corrected chi connectivity index (χ0v) is 13.7. The molecular formula is C18H15BrN2O. The molecule has 4 heteroatoms. The number of hydrogen-bond acceptors (Lipinski definition) is 2. The largest absolute Gasteiger partial charge is 0.294 e. The van der Waals surface area contributed by atoms with Crippen LogP contribution in [0.3, 0.4) is 0 Å². The number of Topliss-reactive ketones (excluding diaryl/α,β-unsaturated/α-hetero) is 1. The molecule has 0 saturated heterocycles. The molecule has 0 fully saturated rings. The van der Waals surface area contributed by atoms with Crippen LogP contribution >= 0.6 is 15.9 Å². The van der Waals surface area contributed by atoms with Gasteiger partial charge in [-0.1, -0.05) is 52.3 Å². The fraction of sp³-hybridized carbons (Fsp3) is 0.111. The Hall–Kier alpha value is -2.20. The number of hydrogen-bond donors (Lipinski definition) is 0. The third-order valence-electron chi connectivity index (χ3n) is 3.52. The molecule has 3 rings (SSSR count). The third-order valence-corrected chi connectivity index (χ3v) is 4.21. The van der Waals surface area contributed by atoms with Crippen molar-refractivity contribution in [2.75, 3.05) is 0 Å². The number of ketones is 1. The minimum Gasteiger partial charge on any atom is -0.294 e. The van der Waals surface area contributed by atoms with Crippen LogP contribution in [0.1, 0.15) is 21.6 Å². The van der Waals surface area contributed by atoms with Gasteiger partial charge in [-0.2, -0.15) is 5.10 Å². The fourth-order valence-electron chi connectivity index (χ4n) is 2.36. The first kappa shape index (κ1) is 14.7. The maximum Gasteiger partial charge on any atom is 0.170 e. The van der Waals surface area contributed by atoms with Crippen LogP contribution in [0.4, 0.5) is 0 Å². The maximum absolute atomic E-state index is 12.4. The quantitative estimate of drug-likeness (QED) is 0.652. The van der Waals surface area contributed by atoms with Crippen LogP contribution in [-0.4, -0.2) is 15.6 Å². The van der Waals surface area contributed by atoms with E-state index < -0.39 is 0 Å². The number of benzene rings is 2. The van der Waals surface area contributed by atoms with Crippen molar-refractivity contribution >= 4 is 21.7 Å². The highest BCUT2D eigenvalue weighted by molar-refractivity contribution is 9.10. The molecule has 22 heavy (non-hydrogen) atoms. The standard InChI is InChI=1S/C18H15BrN2O/c1-13-6-2-5-9-17(13)21-11-10-14(20-21)12-18(22)15-7-3-4-8-16(15)19/h2-11H,12H2,1H3. The van der Waals surface area contributed by atoms with E-state index in [2.05, 4.69) is 21.0 Å². The summed E-state index contributed by atoms with van der Waals surface area (Å²) in [5, 5.41) is 4.52. The average Bonchev–Trinajstić information content (AvgIpc) is 2.96. The summed E-state index contributed by atoms with van der Waals surface area (Å²) >= 11 is 3.42. The van der Waals surface area contributed by atoms with Gasteiger partial charge in [0.25, 0.3) is 0 Å². The lowest BCUT2D eigenvalue weighted by molar-refractivity contribution is 0.0991. The minimum atomic E-state index is 0.0579. The molecule has 0 unspecified atom stereocenters. The number of halogens is 1. The van der Waals surface area contributed by atoms with Gasteiger partial charge in [-0.05, 0) is 30.7 Å². The Labute approximate surface area is 137 Å². The normalized spacial score (nSPS) is 10.6. The van der Waals surface area contributed by atoms with E-state index in [1.165, 1.54) is 0 Å². The smallest absolute Gasteiger partial charge is 0.170 e. The van der Waals surface area contributed by atoms with E-state index in [4.69, 9.17) is 0 Å². The van der Waals surface area contributed by atoms with Gasteiger partial charge in [0.1, 0.15) is 0 Å². The number of nitrogens with zero attached hydrogens (tertiary/aromatic N) is 2. The summed E-state index contributed by atoms with van der Waals surface area (Å²) in [6.45, 7) is 2.04. The third kappa shape index (κ3) is 3.02. The van der Waals surface area contributed by atoms with Gasteiger partial charge < -0.3 is 0 Å². The second kappa shape index (κ2) is 6.28. The van der Waals surface area contributed by atoms with Crippen LogP contribution in [-0.2, 0) is 6.42 Å². The van der Waals surface area contributed by atoms with Crippen LogP contribution in [0.5, 0.6) is 0 Å².